The van der Waals surface area contributed by atoms with Crippen molar-refractivity contribution >= 4 is 15.7 Å². The number of anilines is 1. The molecule has 1 aromatic rings. The van der Waals surface area contributed by atoms with E-state index in [-0.39, 0.29) is 6.54 Å². The van der Waals surface area contributed by atoms with Gasteiger partial charge in [0.15, 0.2) is 0 Å². The number of nitrogens with zero attached hydrogens (tertiary/aromatic N) is 4. The van der Waals surface area contributed by atoms with Gasteiger partial charge < -0.3 is 4.74 Å². The molecule has 0 bridgehead atoms. The van der Waals surface area contributed by atoms with Gasteiger partial charge in [-0.05, 0) is 43.1 Å². The topological polar surface area (TPSA) is 95.4 Å². The van der Waals surface area contributed by atoms with E-state index >= 15 is 0 Å². The highest BCUT2D eigenvalue weighted by molar-refractivity contribution is 7.94. The van der Waals surface area contributed by atoms with Crippen molar-refractivity contribution in [3.63, 3.8) is 0 Å². The van der Waals surface area contributed by atoms with E-state index < -0.39 is 14.8 Å². The van der Waals surface area contributed by atoms with Crippen LogP contribution in [0.15, 0.2) is 29.4 Å². The molecule has 1 atom stereocenters. The molecule has 108 valence electrons. The maximum absolute atomic E-state index is 12.6. The third kappa shape index (κ3) is 2.28. The zero-order valence-corrected chi connectivity index (χ0v) is 12.2. The summed E-state index contributed by atoms with van der Waals surface area (Å²) in [4.78, 5) is 2.66. The van der Waals surface area contributed by atoms with Crippen LogP contribution in [0.1, 0.15) is 13.3 Å². The van der Waals surface area contributed by atoms with Gasteiger partial charge >= 0.3 is 0 Å². The number of sulfonamides is 1. The van der Waals surface area contributed by atoms with Gasteiger partial charge in [-0.15, -0.1) is 0 Å². The number of methoxy groups -OCH3 is 1. The van der Waals surface area contributed by atoms with Crippen LogP contribution in [-0.2, 0) is 10.0 Å². The van der Waals surface area contributed by atoms with E-state index in [0.29, 0.717) is 24.4 Å². The molecule has 0 spiro atoms. The van der Waals surface area contributed by atoms with Crippen molar-refractivity contribution in [2.45, 2.75) is 18.1 Å². The Labute approximate surface area is 117 Å². The number of benzene rings is 1. The Morgan fingerprint density at radius 2 is 2.10 bits per heavy atom. The first-order valence-electron chi connectivity index (χ1n) is 6.12. The van der Waals surface area contributed by atoms with E-state index in [9.17, 15) is 8.42 Å². The van der Waals surface area contributed by atoms with Crippen molar-refractivity contribution in [2.24, 2.45) is 5.11 Å². The van der Waals surface area contributed by atoms with Gasteiger partial charge in [-0.25, -0.2) is 8.42 Å². The van der Waals surface area contributed by atoms with Crippen molar-refractivity contribution in [2.75, 3.05) is 24.5 Å². The van der Waals surface area contributed by atoms with Crippen molar-refractivity contribution in [1.29, 1.82) is 0 Å². The van der Waals surface area contributed by atoms with Crippen LogP contribution in [0, 0.1) is 0 Å². The summed E-state index contributed by atoms with van der Waals surface area (Å²) in [6.45, 7) is 1.94. The van der Waals surface area contributed by atoms with Gasteiger partial charge in [-0.1, -0.05) is 5.11 Å². The van der Waals surface area contributed by atoms with Crippen molar-refractivity contribution in [3.05, 3.63) is 34.7 Å². The van der Waals surface area contributed by atoms with Gasteiger partial charge in [0, 0.05) is 18.0 Å². The SMILES string of the molecule is COc1ccc(N2CCC(C)(CN=[N+]=[N-])S2(=O)=O)cc1. The van der Waals surface area contributed by atoms with E-state index in [1.807, 2.05) is 0 Å². The van der Waals surface area contributed by atoms with Crippen LogP contribution in [0.2, 0.25) is 0 Å². The summed E-state index contributed by atoms with van der Waals surface area (Å²) in [5.41, 5.74) is 8.98. The monoisotopic (exact) mass is 296 g/mol. The first-order chi connectivity index (χ1) is 9.44. The fraction of sp³-hybridized carbons (Fsp3) is 0.500. The Hall–Kier alpha value is -1.92. The molecule has 0 radical (unpaired) electrons. The minimum Gasteiger partial charge on any atom is -0.497 e. The average molecular weight is 296 g/mol. The predicted octanol–water partition coefficient (Wildman–Crippen LogP) is 2.30. The Morgan fingerprint density at radius 1 is 1.45 bits per heavy atom. The summed E-state index contributed by atoms with van der Waals surface area (Å²) in [5, 5.41) is 3.43. The second kappa shape index (κ2) is 5.22. The fourth-order valence-corrected chi connectivity index (χ4v) is 4.04. The lowest BCUT2D eigenvalue weighted by atomic mass is 10.1. The number of ether oxygens (including phenoxy) is 1. The number of rotatable bonds is 4. The second-order valence-corrected chi connectivity index (χ2v) is 7.24. The fourth-order valence-electron chi connectivity index (χ4n) is 2.21. The molecule has 0 amide bonds. The summed E-state index contributed by atoms with van der Waals surface area (Å²) >= 11 is 0. The molecule has 0 aromatic heterocycles. The lowest BCUT2D eigenvalue weighted by Gasteiger charge is -2.24. The average Bonchev–Trinajstić information content (AvgIpc) is 2.68. The molecular weight excluding hydrogens is 280 g/mol. The maximum atomic E-state index is 12.6. The largest absolute Gasteiger partial charge is 0.497 e. The highest BCUT2D eigenvalue weighted by Crippen LogP contribution is 2.37. The zero-order chi connectivity index (χ0) is 14.8. The summed E-state index contributed by atoms with van der Waals surface area (Å²) in [5.74, 6) is 0.669. The number of hydrogen-bond acceptors (Lipinski definition) is 4. The zero-order valence-electron chi connectivity index (χ0n) is 11.4. The van der Waals surface area contributed by atoms with Crippen molar-refractivity contribution in [3.8, 4) is 5.75 Å². The molecule has 0 N–H and O–H groups in total. The molecule has 0 aliphatic carbocycles. The summed E-state index contributed by atoms with van der Waals surface area (Å²) < 4.78 is 30.5. The summed E-state index contributed by atoms with van der Waals surface area (Å²) in [6, 6.07) is 6.84. The lowest BCUT2D eigenvalue weighted by Crippen LogP contribution is -2.39. The Bertz CT molecular complexity index is 637. The van der Waals surface area contributed by atoms with E-state index in [1.165, 1.54) is 4.31 Å². The van der Waals surface area contributed by atoms with Crippen LogP contribution in [0.5, 0.6) is 5.75 Å². The van der Waals surface area contributed by atoms with Gasteiger partial charge in [0.1, 0.15) is 5.75 Å². The van der Waals surface area contributed by atoms with Crippen LogP contribution in [0.4, 0.5) is 5.69 Å². The smallest absolute Gasteiger partial charge is 0.240 e. The van der Waals surface area contributed by atoms with E-state index in [2.05, 4.69) is 10.0 Å². The van der Waals surface area contributed by atoms with Gasteiger partial charge in [0.25, 0.3) is 0 Å². The molecule has 8 heteroatoms. The Balaban J connectivity index is 2.33. The molecule has 1 unspecified atom stereocenters. The molecule has 1 aliphatic heterocycles. The number of hydrogen-bond donors (Lipinski definition) is 0. The minimum absolute atomic E-state index is 0.0571. The quantitative estimate of drug-likeness (QED) is 0.484. The molecule has 1 aliphatic rings. The van der Waals surface area contributed by atoms with E-state index in [0.717, 1.165) is 0 Å². The van der Waals surface area contributed by atoms with Gasteiger partial charge in [0.05, 0.1) is 17.5 Å². The molecule has 1 heterocycles. The highest BCUT2D eigenvalue weighted by atomic mass is 32.2. The van der Waals surface area contributed by atoms with Gasteiger partial charge in [-0.3, -0.25) is 4.31 Å². The molecule has 1 saturated heterocycles. The lowest BCUT2D eigenvalue weighted by molar-refractivity contribution is 0.415. The molecule has 1 fully saturated rings. The van der Waals surface area contributed by atoms with Gasteiger partial charge in [0.2, 0.25) is 10.0 Å². The molecule has 0 saturated carbocycles. The number of azide groups is 1. The summed E-state index contributed by atoms with van der Waals surface area (Å²) in [6.07, 6.45) is 0.431. The van der Waals surface area contributed by atoms with Crippen molar-refractivity contribution in [1.82, 2.24) is 0 Å². The molecule has 1 aromatic carbocycles. The summed E-state index contributed by atoms with van der Waals surface area (Å²) in [7, 11) is -1.99. The van der Waals surface area contributed by atoms with Crippen LogP contribution >= 0.6 is 0 Å². The van der Waals surface area contributed by atoms with Crippen LogP contribution in [0.25, 0.3) is 10.4 Å². The van der Waals surface area contributed by atoms with Crippen LogP contribution in [-0.4, -0.2) is 33.4 Å². The maximum Gasteiger partial charge on any atom is 0.240 e. The van der Waals surface area contributed by atoms with Crippen molar-refractivity contribution < 1.29 is 13.2 Å². The molecule has 20 heavy (non-hydrogen) atoms. The highest BCUT2D eigenvalue weighted by Gasteiger charge is 2.48. The predicted molar refractivity (Wildman–Crippen MR) is 76.3 cm³/mol. The first kappa shape index (κ1) is 14.5. The second-order valence-electron chi connectivity index (χ2n) is 4.86. The normalized spacial score (nSPS) is 24.2. The van der Waals surface area contributed by atoms with Crippen LogP contribution < -0.4 is 9.04 Å². The van der Waals surface area contributed by atoms with E-state index in [4.69, 9.17) is 10.3 Å². The third-order valence-electron chi connectivity index (χ3n) is 3.59. The Morgan fingerprint density at radius 3 is 2.65 bits per heavy atom. The molecule has 2 rings (SSSR count). The van der Waals surface area contributed by atoms with Gasteiger partial charge in [-0.2, -0.15) is 0 Å². The standard InChI is InChI=1S/C12H16N4O3S/c1-12(9-14-15-13)7-8-16(20(12,17)18)10-3-5-11(19-2)6-4-10/h3-6H,7-9H2,1-2H3. The first-order valence-corrected chi connectivity index (χ1v) is 7.56. The van der Waals surface area contributed by atoms with E-state index in [1.54, 1.807) is 38.3 Å². The van der Waals surface area contributed by atoms with Crippen LogP contribution in [0.3, 0.4) is 0 Å². The minimum atomic E-state index is -3.54. The Kier molecular flexibility index (Phi) is 3.78. The third-order valence-corrected chi connectivity index (χ3v) is 6.14. The molecular formula is C12H16N4O3S. The molecule has 7 nitrogen and oxygen atoms in total.